The molecule has 4 N–H and O–H groups in total. The average molecular weight is 345 g/mol. The lowest BCUT2D eigenvalue weighted by Crippen LogP contribution is -2.25. The minimum atomic E-state index is -0.0346. The van der Waals surface area contributed by atoms with E-state index in [1.807, 2.05) is 48.5 Å². The first-order valence-electron chi connectivity index (χ1n) is 8.55. The minimum Gasteiger partial charge on any atom is -0.368 e. The zero-order chi connectivity index (χ0) is 17.9. The number of benzene rings is 2. The topological polar surface area (TPSA) is 92.9 Å². The normalized spacial score (nSPS) is 13.2. The summed E-state index contributed by atoms with van der Waals surface area (Å²) in [4.78, 5) is 20.6. The van der Waals surface area contributed by atoms with Crippen LogP contribution in [0, 0.1) is 0 Å². The number of rotatable bonds is 5. The van der Waals surface area contributed by atoms with Crippen molar-refractivity contribution >= 4 is 23.4 Å². The van der Waals surface area contributed by atoms with Gasteiger partial charge >= 0.3 is 0 Å². The number of nitrogens with one attached hydrogen (secondary N) is 2. The van der Waals surface area contributed by atoms with Gasteiger partial charge in [0.2, 0.25) is 5.95 Å². The highest BCUT2D eigenvalue weighted by Gasteiger charge is 2.23. The number of nitrogens with two attached hydrogens (primary N) is 1. The van der Waals surface area contributed by atoms with Crippen LogP contribution in [-0.4, -0.2) is 21.9 Å². The Hall–Kier alpha value is -3.41. The summed E-state index contributed by atoms with van der Waals surface area (Å²) < 4.78 is 0. The van der Waals surface area contributed by atoms with Gasteiger partial charge in [-0.15, -0.1) is 0 Å². The van der Waals surface area contributed by atoms with Gasteiger partial charge in [0.1, 0.15) is 5.82 Å². The Morgan fingerprint density at radius 1 is 1.00 bits per heavy atom. The molecule has 130 valence electrons. The summed E-state index contributed by atoms with van der Waals surface area (Å²) in [6.45, 7) is 0. The van der Waals surface area contributed by atoms with Crippen LogP contribution in [0.15, 0.2) is 60.7 Å². The van der Waals surface area contributed by atoms with E-state index in [0.717, 1.165) is 24.1 Å². The van der Waals surface area contributed by atoms with Gasteiger partial charge in [-0.05, 0) is 37.1 Å². The van der Waals surface area contributed by atoms with Gasteiger partial charge in [0.05, 0.1) is 5.69 Å². The molecule has 3 aromatic rings. The molecule has 0 aliphatic heterocycles. The van der Waals surface area contributed by atoms with Gasteiger partial charge in [0.25, 0.3) is 5.91 Å². The molecule has 26 heavy (non-hydrogen) atoms. The van der Waals surface area contributed by atoms with Gasteiger partial charge in [0.15, 0.2) is 0 Å². The quantitative estimate of drug-likeness (QED) is 0.659. The first kappa shape index (κ1) is 16.1. The minimum absolute atomic E-state index is 0.0346. The monoisotopic (exact) mass is 345 g/mol. The SMILES string of the molecule is Nc1nc(Nc2ccccc2)cc(-c2ccc(C(=O)NC3CC3)cc2)n1. The van der Waals surface area contributed by atoms with E-state index >= 15 is 0 Å². The van der Waals surface area contributed by atoms with Crippen LogP contribution in [0.3, 0.4) is 0 Å². The molecular weight excluding hydrogens is 326 g/mol. The third-order valence-corrected chi connectivity index (χ3v) is 4.15. The van der Waals surface area contributed by atoms with Crippen LogP contribution < -0.4 is 16.4 Å². The van der Waals surface area contributed by atoms with Crippen LogP contribution in [-0.2, 0) is 0 Å². The second-order valence-corrected chi connectivity index (χ2v) is 6.31. The Balaban J connectivity index is 1.55. The number of para-hydroxylation sites is 1. The first-order valence-corrected chi connectivity index (χ1v) is 8.55. The molecule has 1 aliphatic rings. The van der Waals surface area contributed by atoms with Gasteiger partial charge in [0, 0.05) is 28.9 Å². The number of nitrogens with zero attached hydrogens (tertiary/aromatic N) is 2. The van der Waals surface area contributed by atoms with E-state index in [-0.39, 0.29) is 11.9 Å². The lowest BCUT2D eigenvalue weighted by molar-refractivity contribution is 0.0951. The molecule has 2 aromatic carbocycles. The third-order valence-electron chi connectivity index (χ3n) is 4.15. The van der Waals surface area contributed by atoms with Crippen molar-refractivity contribution in [2.75, 3.05) is 11.1 Å². The van der Waals surface area contributed by atoms with Crippen molar-refractivity contribution in [2.24, 2.45) is 0 Å². The highest BCUT2D eigenvalue weighted by molar-refractivity contribution is 5.95. The van der Waals surface area contributed by atoms with Crippen molar-refractivity contribution in [2.45, 2.75) is 18.9 Å². The fourth-order valence-electron chi connectivity index (χ4n) is 2.64. The van der Waals surface area contributed by atoms with Crippen molar-refractivity contribution in [3.63, 3.8) is 0 Å². The number of anilines is 3. The van der Waals surface area contributed by atoms with E-state index in [1.54, 1.807) is 12.1 Å². The van der Waals surface area contributed by atoms with Crippen LogP contribution in [0.5, 0.6) is 0 Å². The van der Waals surface area contributed by atoms with E-state index in [4.69, 9.17) is 5.73 Å². The Bertz CT molecular complexity index is 921. The number of carbonyl (C=O) groups excluding carboxylic acids is 1. The highest BCUT2D eigenvalue weighted by Crippen LogP contribution is 2.24. The maximum atomic E-state index is 12.1. The second kappa shape index (κ2) is 6.84. The van der Waals surface area contributed by atoms with Crippen LogP contribution in [0.4, 0.5) is 17.5 Å². The van der Waals surface area contributed by atoms with Crippen molar-refractivity contribution in [3.05, 3.63) is 66.2 Å². The average Bonchev–Trinajstić information content (AvgIpc) is 3.46. The molecule has 0 unspecified atom stereocenters. The molecule has 0 spiro atoms. The van der Waals surface area contributed by atoms with E-state index in [1.165, 1.54) is 0 Å². The van der Waals surface area contributed by atoms with Crippen LogP contribution >= 0.6 is 0 Å². The molecule has 1 aliphatic carbocycles. The molecule has 1 saturated carbocycles. The first-order chi connectivity index (χ1) is 12.7. The van der Waals surface area contributed by atoms with Gasteiger partial charge in [-0.25, -0.2) is 4.98 Å². The van der Waals surface area contributed by atoms with Gasteiger partial charge in [-0.3, -0.25) is 4.79 Å². The summed E-state index contributed by atoms with van der Waals surface area (Å²) in [5.41, 5.74) is 9.00. The van der Waals surface area contributed by atoms with Crippen molar-refractivity contribution in [1.82, 2.24) is 15.3 Å². The second-order valence-electron chi connectivity index (χ2n) is 6.31. The predicted molar refractivity (Wildman–Crippen MR) is 102 cm³/mol. The smallest absolute Gasteiger partial charge is 0.251 e. The number of nitrogen functional groups attached to an aromatic ring is 1. The maximum Gasteiger partial charge on any atom is 0.251 e. The zero-order valence-corrected chi connectivity index (χ0v) is 14.1. The fourth-order valence-corrected chi connectivity index (χ4v) is 2.64. The lowest BCUT2D eigenvalue weighted by Gasteiger charge is -2.09. The summed E-state index contributed by atoms with van der Waals surface area (Å²) in [5, 5.41) is 6.20. The van der Waals surface area contributed by atoms with Crippen molar-refractivity contribution < 1.29 is 4.79 Å². The molecule has 6 heteroatoms. The van der Waals surface area contributed by atoms with Gasteiger partial charge in [-0.1, -0.05) is 30.3 Å². The molecule has 1 fully saturated rings. The number of aromatic nitrogens is 2. The van der Waals surface area contributed by atoms with Gasteiger partial charge in [-0.2, -0.15) is 4.98 Å². The molecule has 6 nitrogen and oxygen atoms in total. The number of hydrogen-bond acceptors (Lipinski definition) is 5. The number of hydrogen-bond donors (Lipinski definition) is 3. The van der Waals surface area contributed by atoms with Gasteiger partial charge < -0.3 is 16.4 Å². The van der Waals surface area contributed by atoms with Crippen LogP contribution in [0.2, 0.25) is 0 Å². The Morgan fingerprint density at radius 2 is 1.73 bits per heavy atom. The molecule has 1 aromatic heterocycles. The molecule has 1 amide bonds. The van der Waals surface area contributed by atoms with Crippen LogP contribution in [0.1, 0.15) is 23.2 Å². The molecule has 4 rings (SSSR count). The Labute approximate surface area is 151 Å². The highest BCUT2D eigenvalue weighted by atomic mass is 16.1. The molecule has 1 heterocycles. The number of carbonyl (C=O) groups is 1. The summed E-state index contributed by atoms with van der Waals surface area (Å²) in [6, 6.07) is 19.3. The molecule has 0 radical (unpaired) electrons. The molecule has 0 bridgehead atoms. The molecular formula is C20H19N5O. The predicted octanol–water partition coefficient (Wildman–Crippen LogP) is 3.36. The van der Waals surface area contributed by atoms with Crippen molar-refractivity contribution in [3.8, 4) is 11.3 Å². The zero-order valence-electron chi connectivity index (χ0n) is 14.1. The van der Waals surface area contributed by atoms with E-state index in [9.17, 15) is 4.79 Å². The summed E-state index contributed by atoms with van der Waals surface area (Å²) >= 11 is 0. The van der Waals surface area contributed by atoms with Crippen molar-refractivity contribution in [1.29, 1.82) is 0 Å². The summed E-state index contributed by atoms with van der Waals surface area (Å²) in [5.74, 6) is 0.776. The summed E-state index contributed by atoms with van der Waals surface area (Å²) in [6.07, 6.45) is 2.14. The van der Waals surface area contributed by atoms with Crippen LogP contribution in [0.25, 0.3) is 11.3 Å². The third kappa shape index (κ3) is 3.80. The molecule has 0 saturated heterocycles. The van der Waals surface area contributed by atoms with E-state index in [2.05, 4.69) is 20.6 Å². The Morgan fingerprint density at radius 3 is 2.42 bits per heavy atom. The van der Waals surface area contributed by atoms with E-state index in [0.29, 0.717) is 23.1 Å². The fraction of sp³-hybridized carbons (Fsp3) is 0.150. The lowest BCUT2D eigenvalue weighted by atomic mass is 10.1. The number of amides is 1. The largest absolute Gasteiger partial charge is 0.368 e. The van der Waals surface area contributed by atoms with E-state index < -0.39 is 0 Å². The summed E-state index contributed by atoms with van der Waals surface area (Å²) in [7, 11) is 0. The molecule has 0 atom stereocenters. The Kier molecular flexibility index (Phi) is 4.23. The maximum absolute atomic E-state index is 12.1. The standard InChI is InChI=1S/C20H19N5O/c21-20-24-17(12-18(25-20)22-15-4-2-1-3-5-15)13-6-8-14(9-7-13)19(26)23-16-10-11-16/h1-9,12,16H,10-11H2,(H,23,26)(H3,21,22,24,25).